The van der Waals surface area contributed by atoms with Crippen LogP contribution in [0.1, 0.15) is 23.5 Å². The summed E-state index contributed by atoms with van der Waals surface area (Å²) < 4.78 is 10.2. The Hall–Kier alpha value is -1.39. The molecule has 1 unspecified atom stereocenters. The summed E-state index contributed by atoms with van der Waals surface area (Å²) in [5, 5.41) is 9.22. The van der Waals surface area contributed by atoms with Crippen LogP contribution in [-0.2, 0) is 14.3 Å². The highest BCUT2D eigenvalue weighted by Gasteiger charge is 2.19. The summed E-state index contributed by atoms with van der Waals surface area (Å²) in [6.45, 7) is 3.43. The van der Waals surface area contributed by atoms with E-state index in [0.29, 0.717) is 26.2 Å². The minimum atomic E-state index is -0.811. The molecule has 0 aliphatic rings. The van der Waals surface area contributed by atoms with Gasteiger partial charge in [0.2, 0.25) is 0 Å². The highest BCUT2D eigenvalue weighted by molar-refractivity contribution is 5.76. The molecule has 0 aliphatic carbocycles. The molecule has 0 heterocycles. The Morgan fingerprint density at radius 3 is 2.44 bits per heavy atom. The molecule has 0 bridgehead atoms. The van der Waals surface area contributed by atoms with Gasteiger partial charge in [-0.05, 0) is 18.9 Å². The summed E-state index contributed by atoms with van der Waals surface area (Å²) in [5.41, 5.74) is 1.95. The zero-order valence-electron chi connectivity index (χ0n) is 10.9. The number of carboxylic acid groups (broad SMARTS) is 1. The normalized spacial score (nSPS) is 12.3. The van der Waals surface area contributed by atoms with E-state index in [4.69, 9.17) is 9.47 Å². The largest absolute Gasteiger partial charge is 0.481 e. The fourth-order valence-electron chi connectivity index (χ4n) is 1.68. The molecule has 1 rings (SSSR count). The van der Waals surface area contributed by atoms with Crippen LogP contribution < -0.4 is 0 Å². The van der Waals surface area contributed by atoms with E-state index in [9.17, 15) is 9.90 Å². The number of hydrogen-bond donors (Lipinski definition) is 1. The molecule has 1 atom stereocenters. The Balaban J connectivity index is 2.50. The summed E-state index contributed by atoms with van der Waals surface area (Å²) in [7, 11) is 1.61. The zero-order valence-corrected chi connectivity index (χ0v) is 10.9. The van der Waals surface area contributed by atoms with Gasteiger partial charge in [-0.15, -0.1) is 0 Å². The van der Waals surface area contributed by atoms with Gasteiger partial charge in [-0.2, -0.15) is 0 Å². The lowest BCUT2D eigenvalue weighted by Crippen LogP contribution is -2.15. The van der Waals surface area contributed by atoms with Crippen LogP contribution in [0.25, 0.3) is 0 Å². The van der Waals surface area contributed by atoms with Gasteiger partial charge in [-0.3, -0.25) is 4.79 Å². The Labute approximate surface area is 108 Å². The van der Waals surface area contributed by atoms with Crippen LogP contribution in [0.15, 0.2) is 24.3 Å². The number of benzene rings is 1. The third-order valence-electron chi connectivity index (χ3n) is 2.76. The second-order valence-electron chi connectivity index (χ2n) is 4.20. The lowest BCUT2D eigenvalue weighted by molar-refractivity contribution is -0.139. The molecule has 0 saturated carbocycles. The van der Waals surface area contributed by atoms with Crippen molar-refractivity contribution < 1.29 is 19.4 Å². The van der Waals surface area contributed by atoms with Gasteiger partial charge in [0, 0.05) is 13.7 Å². The van der Waals surface area contributed by atoms with E-state index in [2.05, 4.69) is 0 Å². The first-order valence-electron chi connectivity index (χ1n) is 6.01. The van der Waals surface area contributed by atoms with Gasteiger partial charge in [0.25, 0.3) is 0 Å². The molecule has 18 heavy (non-hydrogen) atoms. The molecule has 0 fully saturated rings. The minimum Gasteiger partial charge on any atom is -0.481 e. The van der Waals surface area contributed by atoms with Crippen molar-refractivity contribution >= 4 is 5.97 Å². The van der Waals surface area contributed by atoms with E-state index < -0.39 is 11.9 Å². The summed E-state index contributed by atoms with van der Waals surface area (Å²) >= 11 is 0. The van der Waals surface area contributed by atoms with Crippen molar-refractivity contribution in [1.29, 1.82) is 0 Å². The highest BCUT2D eigenvalue weighted by Crippen LogP contribution is 2.20. The molecule has 0 aromatic heterocycles. The molecule has 1 N–H and O–H groups in total. The van der Waals surface area contributed by atoms with Crippen LogP contribution in [0, 0.1) is 6.92 Å². The van der Waals surface area contributed by atoms with Crippen molar-refractivity contribution in [2.45, 2.75) is 19.3 Å². The Bertz CT molecular complexity index is 359. The van der Waals surface area contributed by atoms with Gasteiger partial charge in [-0.25, -0.2) is 0 Å². The third-order valence-corrected chi connectivity index (χ3v) is 2.76. The van der Waals surface area contributed by atoms with Crippen molar-refractivity contribution in [3.05, 3.63) is 35.4 Å². The maximum Gasteiger partial charge on any atom is 0.311 e. The van der Waals surface area contributed by atoms with Gasteiger partial charge >= 0.3 is 5.97 Å². The number of aliphatic carboxylic acids is 1. The number of methoxy groups -OCH3 is 1. The molecule has 4 heteroatoms. The summed E-state index contributed by atoms with van der Waals surface area (Å²) in [5.74, 6) is -1.32. The molecule has 1 aromatic rings. The van der Waals surface area contributed by atoms with Gasteiger partial charge in [0.1, 0.15) is 0 Å². The molecule has 4 nitrogen and oxygen atoms in total. The van der Waals surface area contributed by atoms with Crippen LogP contribution in [0.2, 0.25) is 0 Å². The van der Waals surface area contributed by atoms with E-state index >= 15 is 0 Å². The molecular formula is C14H20O4. The predicted molar refractivity (Wildman–Crippen MR) is 68.9 cm³/mol. The Morgan fingerprint density at radius 2 is 1.89 bits per heavy atom. The molecule has 0 aliphatic heterocycles. The lowest BCUT2D eigenvalue weighted by Gasteiger charge is -2.13. The van der Waals surface area contributed by atoms with Gasteiger partial charge in [0.15, 0.2) is 0 Å². The molecule has 0 spiro atoms. The molecule has 0 radical (unpaired) electrons. The number of rotatable bonds is 8. The summed E-state index contributed by atoms with van der Waals surface area (Å²) in [6, 6.07) is 7.58. The number of carboxylic acids is 1. The van der Waals surface area contributed by atoms with Crippen molar-refractivity contribution in [2.75, 3.05) is 26.9 Å². The number of carbonyl (C=O) groups is 1. The van der Waals surface area contributed by atoms with Crippen molar-refractivity contribution in [1.82, 2.24) is 0 Å². The SMILES string of the molecule is COCCOCCC(C(=O)O)c1ccc(C)cc1. The fourth-order valence-corrected chi connectivity index (χ4v) is 1.68. The Kier molecular flexibility index (Phi) is 6.39. The number of aryl methyl sites for hydroxylation is 1. The van der Waals surface area contributed by atoms with Gasteiger partial charge < -0.3 is 14.6 Å². The third kappa shape index (κ3) is 4.85. The van der Waals surface area contributed by atoms with E-state index in [1.165, 1.54) is 0 Å². The van der Waals surface area contributed by atoms with Crippen LogP contribution in [0.3, 0.4) is 0 Å². The first kappa shape index (κ1) is 14.7. The van der Waals surface area contributed by atoms with Crippen LogP contribution in [-0.4, -0.2) is 38.0 Å². The quantitative estimate of drug-likeness (QED) is 0.721. The monoisotopic (exact) mass is 252 g/mol. The van der Waals surface area contributed by atoms with Crippen LogP contribution in [0.4, 0.5) is 0 Å². The fraction of sp³-hybridized carbons (Fsp3) is 0.500. The molecule has 1 aromatic carbocycles. The van der Waals surface area contributed by atoms with Crippen LogP contribution >= 0.6 is 0 Å². The first-order valence-corrected chi connectivity index (χ1v) is 6.01. The average molecular weight is 252 g/mol. The highest BCUT2D eigenvalue weighted by atomic mass is 16.5. The van der Waals surface area contributed by atoms with Crippen molar-refractivity contribution in [2.24, 2.45) is 0 Å². The molecule has 0 saturated heterocycles. The van der Waals surface area contributed by atoms with Crippen LogP contribution in [0.5, 0.6) is 0 Å². The molecular weight excluding hydrogens is 232 g/mol. The summed E-state index contributed by atoms with van der Waals surface area (Å²) in [4.78, 5) is 11.2. The first-order chi connectivity index (χ1) is 8.65. The van der Waals surface area contributed by atoms with E-state index in [0.717, 1.165) is 11.1 Å². The van der Waals surface area contributed by atoms with Gasteiger partial charge in [0.05, 0.1) is 19.1 Å². The summed E-state index contributed by atoms with van der Waals surface area (Å²) in [6.07, 6.45) is 0.474. The van der Waals surface area contributed by atoms with E-state index in [-0.39, 0.29) is 0 Å². The van der Waals surface area contributed by atoms with E-state index in [1.54, 1.807) is 7.11 Å². The molecule has 0 amide bonds. The average Bonchev–Trinajstić information content (AvgIpc) is 2.35. The number of hydrogen-bond acceptors (Lipinski definition) is 3. The maximum absolute atomic E-state index is 11.2. The maximum atomic E-state index is 11.2. The smallest absolute Gasteiger partial charge is 0.311 e. The topological polar surface area (TPSA) is 55.8 Å². The Morgan fingerprint density at radius 1 is 1.22 bits per heavy atom. The van der Waals surface area contributed by atoms with Crippen molar-refractivity contribution in [3.63, 3.8) is 0 Å². The predicted octanol–water partition coefficient (Wildman–Crippen LogP) is 2.22. The van der Waals surface area contributed by atoms with E-state index in [1.807, 2.05) is 31.2 Å². The molecule has 100 valence electrons. The second kappa shape index (κ2) is 7.84. The zero-order chi connectivity index (χ0) is 13.4. The van der Waals surface area contributed by atoms with Crippen molar-refractivity contribution in [3.8, 4) is 0 Å². The lowest BCUT2D eigenvalue weighted by atomic mass is 9.95. The minimum absolute atomic E-state index is 0.425. The standard InChI is InChI=1S/C14H20O4/c1-11-3-5-12(6-4-11)13(14(15)16)7-8-18-10-9-17-2/h3-6,13H,7-10H2,1-2H3,(H,15,16). The number of ether oxygens (including phenoxy) is 2. The second-order valence-corrected chi connectivity index (χ2v) is 4.20. The van der Waals surface area contributed by atoms with Gasteiger partial charge in [-0.1, -0.05) is 29.8 Å².